The maximum Gasteiger partial charge on any atom is 0.173 e. The normalized spacial score (nSPS) is 11.3. The third kappa shape index (κ3) is 4.52. The average molecular weight is 416 g/mol. The lowest BCUT2D eigenvalue weighted by atomic mass is 10.1. The molecule has 2 aromatic heterocycles. The molecule has 0 aliphatic carbocycles. The third-order valence-corrected chi connectivity index (χ3v) is 5.48. The summed E-state index contributed by atoms with van der Waals surface area (Å²) in [6.07, 6.45) is 6.64. The summed E-state index contributed by atoms with van der Waals surface area (Å²) in [6.45, 7) is 3.00. The zero-order valence-electron chi connectivity index (χ0n) is 16.7. The van der Waals surface area contributed by atoms with Crippen molar-refractivity contribution in [3.05, 3.63) is 95.9 Å². The summed E-state index contributed by atoms with van der Waals surface area (Å²) in [7, 11) is 0. The second-order valence-electron chi connectivity index (χ2n) is 6.82. The molecular formula is C25H22FN3S. The zero-order chi connectivity index (χ0) is 20.8. The summed E-state index contributed by atoms with van der Waals surface area (Å²) in [4.78, 5) is 9.12. The van der Waals surface area contributed by atoms with E-state index in [9.17, 15) is 4.39 Å². The molecule has 0 fully saturated rings. The number of hydrogen-bond acceptors (Lipinski definition) is 3. The molecule has 0 atom stereocenters. The SMILES string of the molecule is CCCn1c(SC=Cc2ccccc2)nc(-c2ccc(F)cc2)c1-c1ccncc1. The van der Waals surface area contributed by atoms with Crippen LogP contribution >= 0.6 is 11.8 Å². The van der Waals surface area contributed by atoms with Gasteiger partial charge in [0.1, 0.15) is 5.82 Å². The highest BCUT2D eigenvalue weighted by molar-refractivity contribution is 8.02. The molecule has 0 unspecified atom stereocenters. The number of hydrogen-bond donors (Lipinski definition) is 0. The smallest absolute Gasteiger partial charge is 0.173 e. The molecule has 2 heterocycles. The van der Waals surface area contributed by atoms with Gasteiger partial charge in [-0.2, -0.15) is 0 Å². The summed E-state index contributed by atoms with van der Waals surface area (Å²) in [6, 6.07) is 20.7. The Balaban J connectivity index is 1.79. The molecule has 5 heteroatoms. The molecule has 2 aromatic carbocycles. The Morgan fingerprint density at radius 1 is 0.933 bits per heavy atom. The minimum atomic E-state index is -0.252. The lowest BCUT2D eigenvalue weighted by Gasteiger charge is -2.11. The summed E-state index contributed by atoms with van der Waals surface area (Å²) < 4.78 is 15.8. The van der Waals surface area contributed by atoms with Gasteiger partial charge in [-0.3, -0.25) is 4.98 Å². The van der Waals surface area contributed by atoms with Crippen LogP contribution in [-0.4, -0.2) is 14.5 Å². The van der Waals surface area contributed by atoms with Crippen molar-refractivity contribution in [3.63, 3.8) is 0 Å². The van der Waals surface area contributed by atoms with Gasteiger partial charge in [0.05, 0.1) is 11.4 Å². The Labute approximate surface area is 180 Å². The van der Waals surface area contributed by atoms with Crippen molar-refractivity contribution in [2.75, 3.05) is 0 Å². The number of pyridine rings is 1. The molecule has 0 saturated heterocycles. The van der Waals surface area contributed by atoms with Crippen LogP contribution in [0.2, 0.25) is 0 Å². The van der Waals surface area contributed by atoms with Crippen LogP contribution in [0.1, 0.15) is 18.9 Å². The van der Waals surface area contributed by atoms with Crippen LogP contribution in [0, 0.1) is 5.82 Å². The van der Waals surface area contributed by atoms with E-state index in [-0.39, 0.29) is 5.82 Å². The van der Waals surface area contributed by atoms with Crippen LogP contribution in [0.4, 0.5) is 4.39 Å². The molecule has 150 valence electrons. The van der Waals surface area contributed by atoms with Gasteiger partial charge in [-0.15, -0.1) is 0 Å². The Bertz CT molecular complexity index is 1120. The molecule has 0 N–H and O–H groups in total. The zero-order valence-corrected chi connectivity index (χ0v) is 17.5. The number of thioether (sulfide) groups is 1. The third-order valence-electron chi connectivity index (χ3n) is 4.68. The van der Waals surface area contributed by atoms with Crippen molar-refractivity contribution in [2.45, 2.75) is 25.0 Å². The molecule has 4 rings (SSSR count). The van der Waals surface area contributed by atoms with Gasteiger partial charge < -0.3 is 4.57 Å². The second-order valence-corrected chi connectivity index (χ2v) is 7.69. The Morgan fingerprint density at radius 2 is 1.67 bits per heavy atom. The van der Waals surface area contributed by atoms with Gasteiger partial charge in [-0.25, -0.2) is 9.37 Å². The molecule has 0 aliphatic rings. The predicted molar refractivity (Wildman–Crippen MR) is 122 cm³/mol. The van der Waals surface area contributed by atoms with E-state index < -0.39 is 0 Å². The van der Waals surface area contributed by atoms with E-state index in [4.69, 9.17) is 4.98 Å². The van der Waals surface area contributed by atoms with Gasteiger partial charge in [0.15, 0.2) is 5.16 Å². The van der Waals surface area contributed by atoms with E-state index in [2.05, 4.69) is 40.1 Å². The highest BCUT2D eigenvalue weighted by Gasteiger charge is 2.19. The van der Waals surface area contributed by atoms with E-state index in [0.717, 1.165) is 46.2 Å². The molecule has 0 amide bonds. The van der Waals surface area contributed by atoms with Gasteiger partial charge in [-0.05, 0) is 59.9 Å². The first-order valence-corrected chi connectivity index (χ1v) is 10.8. The van der Waals surface area contributed by atoms with Crippen molar-refractivity contribution in [2.24, 2.45) is 0 Å². The highest BCUT2D eigenvalue weighted by atomic mass is 32.2. The second kappa shape index (κ2) is 9.55. The molecule has 0 bridgehead atoms. The molecular weight excluding hydrogens is 393 g/mol. The van der Waals surface area contributed by atoms with Gasteiger partial charge >= 0.3 is 0 Å². The Kier molecular flexibility index (Phi) is 6.40. The quantitative estimate of drug-likeness (QED) is 0.307. The number of benzene rings is 2. The van der Waals surface area contributed by atoms with Crippen molar-refractivity contribution < 1.29 is 4.39 Å². The van der Waals surface area contributed by atoms with Gasteiger partial charge in [0.2, 0.25) is 0 Å². The van der Waals surface area contributed by atoms with Crippen molar-refractivity contribution >= 4 is 17.8 Å². The summed E-state index contributed by atoms with van der Waals surface area (Å²) in [5.74, 6) is -0.252. The lowest BCUT2D eigenvalue weighted by Crippen LogP contribution is -2.01. The fraction of sp³-hybridized carbons (Fsp3) is 0.120. The van der Waals surface area contributed by atoms with Gasteiger partial charge in [-0.1, -0.05) is 49.0 Å². The van der Waals surface area contributed by atoms with Crippen LogP contribution in [0.5, 0.6) is 0 Å². The van der Waals surface area contributed by atoms with Crippen molar-refractivity contribution in [1.29, 1.82) is 0 Å². The molecule has 0 radical (unpaired) electrons. The van der Waals surface area contributed by atoms with Crippen LogP contribution in [0.25, 0.3) is 28.6 Å². The highest BCUT2D eigenvalue weighted by Crippen LogP contribution is 2.36. The van der Waals surface area contributed by atoms with Crippen LogP contribution in [0.15, 0.2) is 89.7 Å². The molecule has 4 aromatic rings. The minimum absolute atomic E-state index is 0.252. The van der Waals surface area contributed by atoms with Crippen LogP contribution in [0.3, 0.4) is 0 Å². The first kappa shape index (κ1) is 20.1. The van der Waals surface area contributed by atoms with Crippen LogP contribution in [-0.2, 0) is 6.54 Å². The molecule has 0 aliphatic heterocycles. The van der Waals surface area contributed by atoms with Crippen molar-refractivity contribution in [3.8, 4) is 22.5 Å². The number of rotatable bonds is 7. The summed E-state index contributed by atoms with van der Waals surface area (Å²) in [5, 5.41) is 2.98. The molecule has 0 saturated carbocycles. The van der Waals surface area contributed by atoms with E-state index in [0.29, 0.717) is 0 Å². The number of imidazole rings is 1. The predicted octanol–water partition coefficient (Wildman–Crippen LogP) is 6.92. The minimum Gasteiger partial charge on any atom is -0.318 e. The maximum absolute atomic E-state index is 13.5. The average Bonchev–Trinajstić information content (AvgIpc) is 3.14. The Morgan fingerprint density at radius 3 is 2.37 bits per heavy atom. The number of halogens is 1. The van der Waals surface area contributed by atoms with E-state index in [1.165, 1.54) is 12.1 Å². The monoisotopic (exact) mass is 415 g/mol. The first-order chi connectivity index (χ1) is 14.8. The maximum atomic E-state index is 13.5. The number of nitrogens with zero attached hydrogens (tertiary/aromatic N) is 3. The lowest BCUT2D eigenvalue weighted by molar-refractivity contribution is 0.627. The topological polar surface area (TPSA) is 30.7 Å². The van der Waals surface area contributed by atoms with Gasteiger partial charge in [0, 0.05) is 30.1 Å². The molecule has 3 nitrogen and oxygen atoms in total. The van der Waals surface area contributed by atoms with Gasteiger partial charge in [0.25, 0.3) is 0 Å². The van der Waals surface area contributed by atoms with E-state index in [1.54, 1.807) is 36.3 Å². The largest absolute Gasteiger partial charge is 0.318 e. The summed E-state index contributed by atoms with van der Waals surface area (Å²) in [5.41, 5.74) is 4.97. The molecule has 0 spiro atoms. The fourth-order valence-corrected chi connectivity index (χ4v) is 4.10. The van der Waals surface area contributed by atoms with E-state index >= 15 is 0 Å². The Hall–Kier alpha value is -3.18. The fourth-order valence-electron chi connectivity index (χ4n) is 3.30. The van der Waals surface area contributed by atoms with E-state index in [1.807, 2.05) is 30.3 Å². The molecule has 30 heavy (non-hydrogen) atoms. The first-order valence-electron chi connectivity index (χ1n) is 9.91. The standard InChI is InChI=1S/C25H22FN3S/c1-2-17-29-24(21-12-15-27-16-13-21)23(20-8-10-22(26)11-9-20)28-25(29)30-18-14-19-6-4-3-5-7-19/h3-16,18H,2,17H2,1H3. The summed E-state index contributed by atoms with van der Waals surface area (Å²) >= 11 is 1.59. The van der Waals surface area contributed by atoms with Crippen LogP contribution < -0.4 is 0 Å². The van der Waals surface area contributed by atoms with Crippen molar-refractivity contribution in [1.82, 2.24) is 14.5 Å². The number of aromatic nitrogens is 3.